The van der Waals surface area contributed by atoms with Crippen molar-refractivity contribution in [2.45, 2.75) is 30.4 Å². The van der Waals surface area contributed by atoms with Crippen LogP contribution in [-0.2, 0) is 26.2 Å². The molecule has 0 saturated carbocycles. The molecule has 2 aromatic carbocycles. The molecule has 0 unspecified atom stereocenters. The van der Waals surface area contributed by atoms with Gasteiger partial charge in [0.25, 0.3) is 0 Å². The van der Waals surface area contributed by atoms with E-state index in [0.717, 1.165) is 5.56 Å². The molecule has 6 nitrogen and oxygen atoms in total. The molecule has 2 aromatic rings. The van der Waals surface area contributed by atoms with Gasteiger partial charge in [0.05, 0.1) is 11.5 Å². The Balaban J connectivity index is 1.42. The molecule has 1 aliphatic rings. The van der Waals surface area contributed by atoms with Gasteiger partial charge in [-0.15, -0.1) is 0 Å². The highest BCUT2D eigenvalue weighted by Crippen LogP contribution is 2.15. The third kappa shape index (κ3) is 5.63. The molecular weight excluding hydrogens is 364 g/mol. The first-order valence-electron chi connectivity index (χ1n) is 9.01. The molecule has 1 N–H and O–H groups in total. The zero-order valence-electron chi connectivity index (χ0n) is 15.1. The van der Waals surface area contributed by atoms with E-state index >= 15 is 0 Å². The molecule has 1 heterocycles. The van der Waals surface area contributed by atoms with Crippen LogP contribution in [0.1, 0.15) is 18.4 Å². The number of nitrogens with one attached hydrogen (secondary N) is 1. The summed E-state index contributed by atoms with van der Waals surface area (Å²) >= 11 is 0. The maximum atomic E-state index is 12.4. The van der Waals surface area contributed by atoms with Crippen molar-refractivity contribution in [3.8, 4) is 0 Å². The second-order valence-corrected chi connectivity index (χ2v) is 8.28. The van der Waals surface area contributed by atoms with Crippen molar-refractivity contribution in [3.63, 3.8) is 0 Å². The minimum atomic E-state index is -3.52. The second-order valence-electron chi connectivity index (χ2n) is 6.57. The lowest BCUT2D eigenvalue weighted by Gasteiger charge is -2.32. The van der Waals surface area contributed by atoms with Crippen LogP contribution in [0.4, 0.5) is 0 Å². The largest absolute Gasteiger partial charge is 0.367 e. The Bertz CT molecular complexity index is 833. The van der Waals surface area contributed by atoms with Crippen LogP contribution in [0.5, 0.6) is 0 Å². The highest BCUT2D eigenvalue weighted by Gasteiger charge is 2.26. The average molecular weight is 388 g/mol. The van der Waals surface area contributed by atoms with Gasteiger partial charge >= 0.3 is 0 Å². The first-order chi connectivity index (χ1) is 13.0. The van der Waals surface area contributed by atoms with Crippen molar-refractivity contribution in [1.82, 2.24) is 9.62 Å². The van der Waals surface area contributed by atoms with Crippen LogP contribution in [0.2, 0.25) is 0 Å². The summed E-state index contributed by atoms with van der Waals surface area (Å²) < 4.78 is 33.0. The monoisotopic (exact) mass is 388 g/mol. The summed E-state index contributed by atoms with van der Waals surface area (Å²) in [5.74, 6) is -0.0599. The van der Waals surface area contributed by atoms with Crippen LogP contribution in [0.25, 0.3) is 0 Å². The number of piperidine rings is 1. The zero-order valence-corrected chi connectivity index (χ0v) is 15.9. The summed E-state index contributed by atoms with van der Waals surface area (Å²) in [6.45, 7) is 1.49. The molecule has 1 fully saturated rings. The molecule has 7 heteroatoms. The van der Waals surface area contributed by atoms with E-state index in [4.69, 9.17) is 4.74 Å². The smallest absolute Gasteiger partial charge is 0.248 e. The van der Waals surface area contributed by atoms with Crippen molar-refractivity contribution in [3.05, 3.63) is 66.2 Å². The van der Waals surface area contributed by atoms with E-state index in [1.165, 1.54) is 0 Å². The van der Waals surface area contributed by atoms with Crippen LogP contribution in [-0.4, -0.2) is 45.0 Å². The van der Waals surface area contributed by atoms with Gasteiger partial charge in [-0.25, -0.2) is 13.1 Å². The van der Waals surface area contributed by atoms with Crippen LogP contribution in [0.3, 0.4) is 0 Å². The van der Waals surface area contributed by atoms with E-state index in [2.05, 4.69) is 4.72 Å². The van der Waals surface area contributed by atoms with E-state index in [9.17, 15) is 13.2 Å². The molecule has 27 heavy (non-hydrogen) atoms. The molecule has 0 spiro atoms. The fourth-order valence-electron chi connectivity index (χ4n) is 3.06. The molecule has 0 aromatic heterocycles. The van der Waals surface area contributed by atoms with E-state index in [1.807, 2.05) is 30.3 Å². The molecule has 1 aliphatic heterocycles. The topological polar surface area (TPSA) is 75.7 Å². The SMILES string of the molecule is O=C(COCc1ccccc1)N1CCC(NS(=O)(=O)c2ccccc2)CC1. The quantitative estimate of drug-likeness (QED) is 0.789. The fourth-order valence-corrected chi connectivity index (χ4v) is 4.38. The summed E-state index contributed by atoms with van der Waals surface area (Å²) in [4.78, 5) is 14.3. The van der Waals surface area contributed by atoms with E-state index in [1.54, 1.807) is 35.2 Å². The maximum absolute atomic E-state index is 12.4. The number of benzene rings is 2. The van der Waals surface area contributed by atoms with Gasteiger partial charge in [-0.05, 0) is 30.5 Å². The first-order valence-corrected chi connectivity index (χ1v) is 10.5. The number of ether oxygens (including phenoxy) is 1. The Hall–Kier alpha value is -2.22. The summed E-state index contributed by atoms with van der Waals surface area (Å²) in [5.41, 5.74) is 1.03. The number of likely N-dealkylation sites (tertiary alicyclic amines) is 1. The molecule has 0 atom stereocenters. The molecular formula is C20H24N2O4S. The fraction of sp³-hybridized carbons (Fsp3) is 0.350. The summed E-state index contributed by atoms with van der Waals surface area (Å²) in [6.07, 6.45) is 1.19. The molecule has 1 saturated heterocycles. The normalized spacial score (nSPS) is 15.6. The number of rotatable bonds is 7. The number of nitrogens with zero attached hydrogens (tertiary/aromatic N) is 1. The number of hydrogen-bond donors (Lipinski definition) is 1. The summed E-state index contributed by atoms with van der Waals surface area (Å²) in [6, 6.07) is 17.9. The standard InChI is InChI=1S/C20H24N2O4S/c23-20(16-26-15-17-7-3-1-4-8-17)22-13-11-18(12-14-22)21-27(24,25)19-9-5-2-6-10-19/h1-10,18,21H,11-16H2. The number of sulfonamides is 1. The van der Waals surface area contributed by atoms with Crippen LogP contribution < -0.4 is 4.72 Å². The van der Waals surface area contributed by atoms with E-state index in [0.29, 0.717) is 32.5 Å². The number of carbonyl (C=O) groups excluding carboxylic acids is 1. The van der Waals surface area contributed by atoms with Gasteiger partial charge in [-0.3, -0.25) is 4.79 Å². The molecule has 0 radical (unpaired) electrons. The number of amides is 1. The highest BCUT2D eigenvalue weighted by molar-refractivity contribution is 7.89. The lowest BCUT2D eigenvalue weighted by atomic mass is 10.1. The van der Waals surface area contributed by atoms with Gasteiger partial charge in [-0.1, -0.05) is 48.5 Å². The molecule has 3 rings (SSSR count). The maximum Gasteiger partial charge on any atom is 0.248 e. The van der Waals surface area contributed by atoms with Crippen molar-refractivity contribution in [2.24, 2.45) is 0 Å². The Kier molecular flexibility index (Phi) is 6.60. The predicted molar refractivity (Wildman–Crippen MR) is 102 cm³/mol. The van der Waals surface area contributed by atoms with Crippen molar-refractivity contribution in [1.29, 1.82) is 0 Å². The van der Waals surface area contributed by atoms with Gasteiger partial charge in [-0.2, -0.15) is 0 Å². The third-order valence-corrected chi connectivity index (χ3v) is 6.10. The minimum absolute atomic E-state index is 0.0370. The van der Waals surface area contributed by atoms with E-state index < -0.39 is 10.0 Å². The predicted octanol–water partition coefficient (Wildman–Crippen LogP) is 2.17. The van der Waals surface area contributed by atoms with Crippen LogP contribution >= 0.6 is 0 Å². The van der Waals surface area contributed by atoms with Gasteiger partial charge < -0.3 is 9.64 Å². The number of hydrogen-bond acceptors (Lipinski definition) is 4. The first kappa shape index (κ1) is 19.5. The highest BCUT2D eigenvalue weighted by atomic mass is 32.2. The van der Waals surface area contributed by atoms with Gasteiger partial charge in [0, 0.05) is 19.1 Å². The van der Waals surface area contributed by atoms with Crippen molar-refractivity contribution in [2.75, 3.05) is 19.7 Å². The molecule has 0 bridgehead atoms. The third-order valence-electron chi connectivity index (χ3n) is 4.56. The van der Waals surface area contributed by atoms with Crippen molar-refractivity contribution < 1.29 is 17.9 Å². The second kappa shape index (κ2) is 9.12. The van der Waals surface area contributed by atoms with Gasteiger partial charge in [0.15, 0.2) is 0 Å². The lowest BCUT2D eigenvalue weighted by molar-refractivity contribution is -0.137. The van der Waals surface area contributed by atoms with Crippen LogP contribution in [0, 0.1) is 0 Å². The Morgan fingerprint density at radius 2 is 1.59 bits per heavy atom. The average Bonchev–Trinajstić information content (AvgIpc) is 2.70. The van der Waals surface area contributed by atoms with E-state index in [-0.39, 0.29) is 23.5 Å². The lowest BCUT2D eigenvalue weighted by Crippen LogP contribution is -2.47. The zero-order chi connectivity index (χ0) is 19.1. The molecule has 144 valence electrons. The number of carbonyl (C=O) groups is 1. The Morgan fingerprint density at radius 1 is 1.00 bits per heavy atom. The Morgan fingerprint density at radius 3 is 2.22 bits per heavy atom. The molecule has 0 aliphatic carbocycles. The minimum Gasteiger partial charge on any atom is -0.367 e. The molecule has 1 amide bonds. The van der Waals surface area contributed by atoms with Crippen LogP contribution in [0.15, 0.2) is 65.6 Å². The summed E-state index contributed by atoms with van der Waals surface area (Å²) in [7, 11) is -3.52. The Labute approximate surface area is 160 Å². The van der Waals surface area contributed by atoms with Gasteiger partial charge in [0.1, 0.15) is 6.61 Å². The summed E-state index contributed by atoms with van der Waals surface area (Å²) in [5, 5.41) is 0. The van der Waals surface area contributed by atoms with Gasteiger partial charge in [0.2, 0.25) is 15.9 Å². The van der Waals surface area contributed by atoms with Crippen molar-refractivity contribution >= 4 is 15.9 Å².